The van der Waals surface area contributed by atoms with E-state index in [-0.39, 0.29) is 25.0 Å². The normalized spacial score (nSPS) is 25.2. The van der Waals surface area contributed by atoms with Crippen LogP contribution in [0.3, 0.4) is 0 Å². The van der Waals surface area contributed by atoms with Gasteiger partial charge in [0.15, 0.2) is 0 Å². The first-order chi connectivity index (χ1) is 7.09. The highest BCUT2D eigenvalue weighted by Crippen LogP contribution is 2.43. The number of halogens is 2. The summed E-state index contributed by atoms with van der Waals surface area (Å²) in [5.74, 6) is -3.82. The number of hydrogen-bond donors (Lipinski definition) is 0. The monoisotopic (exact) mass is 211 g/mol. The second-order valence-electron chi connectivity index (χ2n) is 3.84. The molecule has 1 aromatic heterocycles. The van der Waals surface area contributed by atoms with Gasteiger partial charge in [-0.25, -0.2) is 8.78 Å². The number of carbonyl (C=O) groups excluding carboxylic acids is 1. The lowest BCUT2D eigenvalue weighted by Crippen LogP contribution is -2.33. The van der Waals surface area contributed by atoms with Gasteiger partial charge in [-0.2, -0.15) is 0 Å². The number of rotatable bonds is 1. The van der Waals surface area contributed by atoms with E-state index < -0.39 is 11.8 Å². The quantitative estimate of drug-likeness (QED) is 0.714. The van der Waals surface area contributed by atoms with Gasteiger partial charge in [0.05, 0.1) is 5.92 Å². The second-order valence-corrected chi connectivity index (χ2v) is 3.84. The topological polar surface area (TPSA) is 30.0 Å². The molecule has 2 rings (SSSR count). The van der Waals surface area contributed by atoms with Crippen molar-refractivity contribution < 1.29 is 13.6 Å². The zero-order valence-electron chi connectivity index (χ0n) is 8.12. The van der Waals surface area contributed by atoms with Crippen molar-refractivity contribution in [2.75, 3.05) is 0 Å². The number of Topliss-reactive ketones (excluding diaryl/α,β-unsaturated/α-hetero) is 1. The lowest BCUT2D eigenvalue weighted by Gasteiger charge is -2.30. The first kappa shape index (κ1) is 10.2. The fourth-order valence-electron chi connectivity index (χ4n) is 1.92. The summed E-state index contributed by atoms with van der Waals surface area (Å²) >= 11 is 0. The van der Waals surface area contributed by atoms with Crippen molar-refractivity contribution in [2.24, 2.45) is 0 Å². The Balaban J connectivity index is 2.29. The summed E-state index contributed by atoms with van der Waals surface area (Å²) in [5, 5.41) is 0. The highest BCUT2D eigenvalue weighted by Gasteiger charge is 2.44. The number of aromatic nitrogens is 1. The van der Waals surface area contributed by atoms with E-state index in [1.54, 1.807) is 12.1 Å². The van der Waals surface area contributed by atoms with E-state index in [9.17, 15) is 13.6 Å². The van der Waals surface area contributed by atoms with Crippen molar-refractivity contribution in [1.29, 1.82) is 0 Å². The highest BCUT2D eigenvalue weighted by atomic mass is 19.3. The Morgan fingerprint density at radius 2 is 2.00 bits per heavy atom. The van der Waals surface area contributed by atoms with Crippen LogP contribution in [0.1, 0.15) is 30.7 Å². The van der Waals surface area contributed by atoms with Crippen molar-refractivity contribution in [1.82, 2.24) is 4.98 Å². The molecule has 2 nitrogen and oxygen atoms in total. The van der Waals surface area contributed by atoms with Crippen LogP contribution in [0.15, 0.2) is 24.5 Å². The summed E-state index contributed by atoms with van der Waals surface area (Å²) in [7, 11) is 0. The molecule has 0 amide bonds. The van der Waals surface area contributed by atoms with Crippen LogP contribution in [0.4, 0.5) is 8.78 Å². The van der Waals surface area contributed by atoms with Gasteiger partial charge in [-0.1, -0.05) is 0 Å². The molecule has 1 fully saturated rings. The number of ketones is 1. The fraction of sp³-hybridized carbons (Fsp3) is 0.455. The molecule has 0 saturated heterocycles. The van der Waals surface area contributed by atoms with Gasteiger partial charge in [0.1, 0.15) is 5.78 Å². The van der Waals surface area contributed by atoms with Crippen LogP contribution in [-0.2, 0) is 4.79 Å². The SMILES string of the molecule is O=C1CCC(F)(F)[C@@H](c2ccncc2)C1. The second kappa shape index (κ2) is 3.68. The molecule has 1 heterocycles. The third-order valence-electron chi connectivity index (χ3n) is 2.79. The van der Waals surface area contributed by atoms with E-state index in [0.29, 0.717) is 5.56 Å². The number of hydrogen-bond acceptors (Lipinski definition) is 2. The predicted octanol–water partition coefficient (Wildman–Crippen LogP) is 2.55. The first-order valence-electron chi connectivity index (χ1n) is 4.89. The molecule has 80 valence electrons. The molecule has 0 spiro atoms. The van der Waals surface area contributed by atoms with E-state index in [0.717, 1.165) is 0 Å². The molecular weight excluding hydrogens is 200 g/mol. The summed E-state index contributed by atoms with van der Waals surface area (Å²) in [6.07, 6.45) is 2.55. The van der Waals surface area contributed by atoms with Gasteiger partial charge < -0.3 is 0 Å². The number of nitrogens with zero attached hydrogens (tertiary/aromatic N) is 1. The summed E-state index contributed by atoms with van der Waals surface area (Å²) in [6, 6.07) is 3.11. The van der Waals surface area contributed by atoms with Gasteiger partial charge in [-0.15, -0.1) is 0 Å². The van der Waals surface area contributed by atoms with Crippen LogP contribution in [-0.4, -0.2) is 16.7 Å². The molecule has 1 atom stereocenters. The molecule has 0 aliphatic heterocycles. The van der Waals surface area contributed by atoms with Crippen molar-refractivity contribution in [3.05, 3.63) is 30.1 Å². The largest absolute Gasteiger partial charge is 0.300 e. The van der Waals surface area contributed by atoms with E-state index in [1.807, 2.05) is 0 Å². The molecule has 15 heavy (non-hydrogen) atoms. The average molecular weight is 211 g/mol. The van der Waals surface area contributed by atoms with E-state index in [2.05, 4.69) is 4.98 Å². The minimum absolute atomic E-state index is 0.00537. The van der Waals surface area contributed by atoms with Crippen molar-refractivity contribution in [3.8, 4) is 0 Å². The molecule has 0 unspecified atom stereocenters. The Kier molecular flexibility index (Phi) is 2.50. The standard InChI is InChI=1S/C11H11F2NO/c12-11(13)4-1-9(15)7-10(11)8-2-5-14-6-3-8/h2-3,5-6,10H,1,4,7H2/t10-/m1/s1. The molecular formula is C11H11F2NO. The molecule has 0 bridgehead atoms. The number of carbonyl (C=O) groups is 1. The van der Waals surface area contributed by atoms with Crippen LogP contribution in [0.25, 0.3) is 0 Å². The van der Waals surface area contributed by atoms with E-state index in [1.165, 1.54) is 12.4 Å². The van der Waals surface area contributed by atoms with Gasteiger partial charge in [0.2, 0.25) is 0 Å². The van der Waals surface area contributed by atoms with Crippen molar-refractivity contribution in [2.45, 2.75) is 31.1 Å². The smallest absolute Gasteiger partial charge is 0.255 e. The fourth-order valence-corrected chi connectivity index (χ4v) is 1.92. The summed E-state index contributed by atoms with van der Waals surface area (Å²) in [6.45, 7) is 0. The number of alkyl halides is 2. The summed E-state index contributed by atoms with van der Waals surface area (Å²) in [5.41, 5.74) is 0.503. The molecule has 1 saturated carbocycles. The average Bonchev–Trinajstić information content (AvgIpc) is 2.23. The molecule has 1 aromatic rings. The zero-order chi connectivity index (χ0) is 10.9. The highest BCUT2D eigenvalue weighted by molar-refractivity contribution is 5.80. The van der Waals surface area contributed by atoms with Gasteiger partial charge >= 0.3 is 0 Å². The Morgan fingerprint density at radius 1 is 1.33 bits per heavy atom. The zero-order valence-corrected chi connectivity index (χ0v) is 8.12. The van der Waals surface area contributed by atoms with E-state index in [4.69, 9.17) is 0 Å². The Morgan fingerprint density at radius 3 is 2.67 bits per heavy atom. The minimum Gasteiger partial charge on any atom is -0.300 e. The van der Waals surface area contributed by atoms with Gasteiger partial charge in [-0.3, -0.25) is 9.78 Å². The lowest BCUT2D eigenvalue weighted by atomic mass is 9.80. The van der Waals surface area contributed by atoms with Crippen molar-refractivity contribution in [3.63, 3.8) is 0 Å². The Hall–Kier alpha value is -1.32. The maximum atomic E-state index is 13.6. The van der Waals surface area contributed by atoms with E-state index >= 15 is 0 Å². The van der Waals surface area contributed by atoms with Gasteiger partial charge in [0.25, 0.3) is 5.92 Å². The lowest BCUT2D eigenvalue weighted by molar-refractivity contribution is -0.130. The molecule has 0 radical (unpaired) electrons. The first-order valence-corrected chi connectivity index (χ1v) is 4.89. The summed E-state index contributed by atoms with van der Waals surface area (Å²) < 4.78 is 27.1. The van der Waals surface area contributed by atoms with Gasteiger partial charge in [-0.05, 0) is 17.7 Å². The van der Waals surface area contributed by atoms with Crippen LogP contribution in [0, 0.1) is 0 Å². The third kappa shape index (κ3) is 2.03. The predicted molar refractivity (Wildman–Crippen MR) is 50.8 cm³/mol. The maximum absolute atomic E-state index is 13.6. The summed E-state index contributed by atoms with van der Waals surface area (Å²) in [4.78, 5) is 15.0. The van der Waals surface area contributed by atoms with Crippen LogP contribution >= 0.6 is 0 Å². The molecule has 4 heteroatoms. The Bertz CT molecular complexity index is 364. The minimum atomic E-state index is -2.77. The maximum Gasteiger partial charge on any atom is 0.255 e. The molecule has 1 aliphatic carbocycles. The van der Waals surface area contributed by atoms with Crippen LogP contribution in [0.5, 0.6) is 0 Å². The number of pyridine rings is 1. The van der Waals surface area contributed by atoms with Crippen LogP contribution < -0.4 is 0 Å². The molecule has 1 aliphatic rings. The Labute approximate surface area is 86.3 Å². The van der Waals surface area contributed by atoms with Crippen LogP contribution in [0.2, 0.25) is 0 Å². The third-order valence-corrected chi connectivity index (χ3v) is 2.79. The van der Waals surface area contributed by atoms with Crippen molar-refractivity contribution >= 4 is 5.78 Å². The molecule has 0 N–H and O–H groups in total. The molecule has 0 aromatic carbocycles. The van der Waals surface area contributed by atoms with Gasteiger partial charge in [0, 0.05) is 31.7 Å².